The highest BCUT2D eigenvalue weighted by Crippen LogP contribution is 2.40. The summed E-state index contributed by atoms with van der Waals surface area (Å²) < 4.78 is 5.26. The molecule has 1 aromatic carbocycles. The van der Waals surface area contributed by atoms with Crippen LogP contribution in [0.2, 0.25) is 0 Å². The number of carbonyl (C=O) groups is 2. The van der Waals surface area contributed by atoms with Gasteiger partial charge in [0.05, 0.1) is 19.1 Å². The predicted molar refractivity (Wildman–Crippen MR) is 105 cm³/mol. The number of piperidine rings is 1. The van der Waals surface area contributed by atoms with Crippen LogP contribution in [0.3, 0.4) is 0 Å². The average Bonchev–Trinajstić information content (AvgIpc) is 3.02. The van der Waals surface area contributed by atoms with Crippen LogP contribution in [0.4, 0.5) is 0 Å². The molecule has 1 aromatic rings. The monoisotopic (exact) mass is 370 g/mol. The van der Waals surface area contributed by atoms with E-state index in [9.17, 15) is 9.59 Å². The van der Waals surface area contributed by atoms with Crippen LogP contribution in [-0.2, 0) is 9.59 Å². The summed E-state index contributed by atoms with van der Waals surface area (Å²) in [7, 11) is 1.64. The minimum absolute atomic E-state index is 0.0871. The summed E-state index contributed by atoms with van der Waals surface area (Å²) >= 11 is 0. The van der Waals surface area contributed by atoms with Gasteiger partial charge in [0, 0.05) is 26.1 Å². The van der Waals surface area contributed by atoms with Gasteiger partial charge in [-0.15, -0.1) is 0 Å². The second kappa shape index (κ2) is 8.59. The molecular weight excluding hydrogens is 340 g/mol. The minimum atomic E-state index is -0.311. The van der Waals surface area contributed by atoms with E-state index in [1.54, 1.807) is 7.11 Å². The van der Waals surface area contributed by atoms with Gasteiger partial charge < -0.3 is 14.5 Å². The first-order valence-electron chi connectivity index (χ1n) is 9.94. The molecule has 2 atom stereocenters. The molecule has 5 nitrogen and oxygen atoms in total. The van der Waals surface area contributed by atoms with Crippen LogP contribution in [0.15, 0.2) is 36.4 Å². The van der Waals surface area contributed by atoms with E-state index in [2.05, 4.69) is 13.5 Å². The van der Waals surface area contributed by atoms with Crippen molar-refractivity contribution >= 4 is 11.8 Å². The van der Waals surface area contributed by atoms with Crippen LogP contribution in [-0.4, -0.2) is 48.4 Å². The first-order valence-corrected chi connectivity index (χ1v) is 9.94. The van der Waals surface area contributed by atoms with Crippen molar-refractivity contribution in [2.75, 3.05) is 26.7 Å². The summed E-state index contributed by atoms with van der Waals surface area (Å²) in [6.45, 7) is 8.28. The van der Waals surface area contributed by atoms with Crippen molar-refractivity contribution in [2.24, 2.45) is 5.92 Å². The van der Waals surface area contributed by atoms with Gasteiger partial charge in [-0.1, -0.05) is 37.6 Å². The van der Waals surface area contributed by atoms with E-state index in [-0.39, 0.29) is 23.8 Å². The van der Waals surface area contributed by atoms with E-state index in [0.717, 1.165) is 37.0 Å². The van der Waals surface area contributed by atoms with Crippen LogP contribution in [0.25, 0.3) is 0 Å². The van der Waals surface area contributed by atoms with Crippen molar-refractivity contribution in [3.05, 3.63) is 42.0 Å². The summed E-state index contributed by atoms with van der Waals surface area (Å²) in [6.07, 6.45) is 3.99. The second-order valence-electron chi connectivity index (χ2n) is 7.54. The number of rotatable bonds is 6. The maximum atomic E-state index is 13.3. The Morgan fingerprint density at radius 1 is 1.22 bits per heavy atom. The number of amides is 2. The molecule has 2 fully saturated rings. The summed E-state index contributed by atoms with van der Waals surface area (Å²) in [4.78, 5) is 29.9. The number of benzene rings is 1. The third kappa shape index (κ3) is 4.18. The van der Waals surface area contributed by atoms with Crippen LogP contribution < -0.4 is 4.74 Å². The van der Waals surface area contributed by atoms with Crippen LogP contribution >= 0.6 is 0 Å². The molecule has 0 aromatic heterocycles. The molecule has 5 heteroatoms. The smallest absolute Gasteiger partial charge is 0.228 e. The van der Waals surface area contributed by atoms with Gasteiger partial charge in [0.15, 0.2) is 0 Å². The highest BCUT2D eigenvalue weighted by atomic mass is 16.5. The quantitative estimate of drug-likeness (QED) is 0.720. The molecule has 2 aliphatic rings. The normalized spacial score (nSPS) is 23.0. The van der Waals surface area contributed by atoms with E-state index < -0.39 is 0 Å². The molecule has 0 spiro atoms. The van der Waals surface area contributed by atoms with Crippen molar-refractivity contribution in [3.8, 4) is 5.75 Å². The van der Waals surface area contributed by atoms with Gasteiger partial charge in [0.2, 0.25) is 11.8 Å². The molecule has 0 aliphatic carbocycles. The summed E-state index contributed by atoms with van der Waals surface area (Å²) in [5.41, 5.74) is 2.22. The number of ether oxygens (including phenoxy) is 1. The molecule has 0 N–H and O–H groups in total. The number of hydrogen-bond donors (Lipinski definition) is 0. The fraction of sp³-hybridized carbons (Fsp3) is 0.545. The highest BCUT2D eigenvalue weighted by Gasteiger charge is 2.45. The molecule has 0 radical (unpaired) electrons. The van der Waals surface area contributed by atoms with Gasteiger partial charge in [0.25, 0.3) is 0 Å². The van der Waals surface area contributed by atoms with E-state index in [1.807, 2.05) is 34.1 Å². The molecule has 146 valence electrons. The Kier molecular flexibility index (Phi) is 6.19. The third-order valence-corrected chi connectivity index (χ3v) is 5.74. The van der Waals surface area contributed by atoms with Crippen molar-refractivity contribution in [1.82, 2.24) is 9.80 Å². The van der Waals surface area contributed by atoms with Crippen LogP contribution in [0, 0.1) is 5.92 Å². The zero-order valence-corrected chi connectivity index (χ0v) is 16.4. The first-order chi connectivity index (χ1) is 13.0. The zero-order chi connectivity index (χ0) is 19.4. The lowest BCUT2D eigenvalue weighted by molar-refractivity contribution is -0.137. The van der Waals surface area contributed by atoms with Gasteiger partial charge in [-0.3, -0.25) is 9.59 Å². The summed E-state index contributed by atoms with van der Waals surface area (Å²) in [5, 5.41) is 0. The van der Waals surface area contributed by atoms with Crippen LogP contribution in [0.1, 0.15) is 50.6 Å². The van der Waals surface area contributed by atoms with Gasteiger partial charge in [-0.05, 0) is 37.0 Å². The largest absolute Gasteiger partial charge is 0.497 e. The van der Waals surface area contributed by atoms with Crippen molar-refractivity contribution in [2.45, 2.75) is 45.1 Å². The fourth-order valence-corrected chi connectivity index (χ4v) is 4.10. The third-order valence-electron chi connectivity index (χ3n) is 5.74. The Labute approximate surface area is 162 Å². The minimum Gasteiger partial charge on any atom is -0.497 e. The standard InChI is InChI=1S/C22H30N2O3/c1-4-5-12-24-20(25)15-19(22(26)23-13-10-16(2)11-14-23)21(24)17-6-8-18(27-3)9-7-17/h6-9,19,21H,2,4-5,10-15H2,1,3H3. The lowest BCUT2D eigenvalue weighted by Gasteiger charge is -2.33. The zero-order valence-electron chi connectivity index (χ0n) is 16.4. The Morgan fingerprint density at radius 3 is 2.48 bits per heavy atom. The summed E-state index contributed by atoms with van der Waals surface area (Å²) in [5.74, 6) is 0.662. The molecular formula is C22H30N2O3. The molecule has 0 bridgehead atoms. The molecule has 0 saturated carbocycles. The molecule has 2 amide bonds. The maximum absolute atomic E-state index is 13.3. The molecule has 2 heterocycles. The Bertz CT molecular complexity index is 688. The lowest BCUT2D eigenvalue weighted by atomic mass is 9.91. The van der Waals surface area contributed by atoms with E-state index in [4.69, 9.17) is 4.74 Å². The van der Waals surface area contributed by atoms with Gasteiger partial charge in [0.1, 0.15) is 5.75 Å². The second-order valence-corrected chi connectivity index (χ2v) is 7.54. The van der Waals surface area contributed by atoms with Crippen molar-refractivity contribution in [1.29, 1.82) is 0 Å². The van der Waals surface area contributed by atoms with Crippen molar-refractivity contribution in [3.63, 3.8) is 0 Å². The highest BCUT2D eigenvalue weighted by molar-refractivity contribution is 5.90. The Balaban J connectivity index is 1.86. The molecule has 2 aliphatic heterocycles. The number of hydrogen-bond acceptors (Lipinski definition) is 3. The number of methoxy groups -OCH3 is 1. The summed E-state index contributed by atoms with van der Waals surface area (Å²) in [6, 6.07) is 7.59. The lowest BCUT2D eigenvalue weighted by Crippen LogP contribution is -2.42. The predicted octanol–water partition coefficient (Wildman–Crippen LogP) is 3.56. The number of nitrogens with zero attached hydrogens (tertiary/aromatic N) is 2. The first kappa shape index (κ1) is 19.5. The fourth-order valence-electron chi connectivity index (χ4n) is 4.10. The average molecular weight is 370 g/mol. The van der Waals surface area contributed by atoms with Crippen molar-refractivity contribution < 1.29 is 14.3 Å². The van der Waals surface area contributed by atoms with E-state index in [1.165, 1.54) is 5.57 Å². The SMILES string of the molecule is C=C1CCN(C(=O)C2CC(=O)N(CCCC)C2c2ccc(OC)cc2)CC1. The van der Waals surface area contributed by atoms with E-state index >= 15 is 0 Å². The van der Waals surface area contributed by atoms with Gasteiger partial charge in [-0.25, -0.2) is 0 Å². The van der Waals surface area contributed by atoms with Gasteiger partial charge >= 0.3 is 0 Å². The topological polar surface area (TPSA) is 49.9 Å². The Hall–Kier alpha value is -2.30. The van der Waals surface area contributed by atoms with Gasteiger partial charge in [-0.2, -0.15) is 0 Å². The maximum Gasteiger partial charge on any atom is 0.228 e. The molecule has 27 heavy (non-hydrogen) atoms. The molecule has 2 unspecified atom stereocenters. The number of likely N-dealkylation sites (tertiary alicyclic amines) is 2. The van der Waals surface area contributed by atoms with Crippen LogP contribution in [0.5, 0.6) is 5.75 Å². The van der Waals surface area contributed by atoms with E-state index in [0.29, 0.717) is 26.1 Å². The molecule has 3 rings (SSSR count). The number of carbonyl (C=O) groups excluding carboxylic acids is 2. The number of unbranched alkanes of at least 4 members (excludes halogenated alkanes) is 1. The molecule has 2 saturated heterocycles. The Morgan fingerprint density at radius 2 is 1.89 bits per heavy atom.